The van der Waals surface area contributed by atoms with Crippen molar-refractivity contribution in [3.63, 3.8) is 0 Å². The molecular formula is C18H16ClF2NO2. The number of aliphatic imine (C=N–C) groups is 1. The van der Waals surface area contributed by atoms with E-state index in [4.69, 9.17) is 11.6 Å². The van der Waals surface area contributed by atoms with Crippen LogP contribution in [0.15, 0.2) is 41.4 Å². The van der Waals surface area contributed by atoms with Crippen LogP contribution in [0.3, 0.4) is 0 Å². The van der Waals surface area contributed by atoms with Gasteiger partial charge in [-0.05, 0) is 42.7 Å². The van der Waals surface area contributed by atoms with Gasteiger partial charge in [0.15, 0.2) is 17.2 Å². The van der Waals surface area contributed by atoms with Gasteiger partial charge in [0.1, 0.15) is 0 Å². The highest BCUT2D eigenvalue weighted by molar-refractivity contribution is 6.30. The predicted octanol–water partition coefficient (Wildman–Crippen LogP) is 4.43. The van der Waals surface area contributed by atoms with Crippen LogP contribution in [0.1, 0.15) is 23.6 Å². The first-order chi connectivity index (χ1) is 11.2. The molecule has 1 atom stereocenters. The first kappa shape index (κ1) is 18.1. The quantitative estimate of drug-likeness (QED) is 0.810. The molecule has 126 valence electrons. The lowest BCUT2D eigenvalue weighted by Gasteiger charge is -2.21. The van der Waals surface area contributed by atoms with Crippen molar-refractivity contribution in [3.8, 4) is 0 Å². The van der Waals surface area contributed by atoms with Crippen LogP contribution in [0.2, 0.25) is 5.02 Å². The summed E-state index contributed by atoms with van der Waals surface area (Å²) in [5.41, 5.74) is -0.834. The molecule has 0 heterocycles. The number of aryl methyl sites for hydroxylation is 1. The molecule has 3 nitrogen and oxygen atoms in total. The lowest BCUT2D eigenvalue weighted by molar-refractivity contribution is -0.142. The molecule has 0 radical (unpaired) electrons. The highest BCUT2D eigenvalue weighted by Crippen LogP contribution is 2.23. The Hall–Kier alpha value is -2.27. The SMILES string of the molecule is Cc1ccc(CC(C)(N=Cc2ccc(Cl)cc2)C(=O)O)c(F)c1F. The molecule has 0 fully saturated rings. The van der Waals surface area contributed by atoms with E-state index in [-0.39, 0.29) is 17.5 Å². The first-order valence-corrected chi connectivity index (χ1v) is 7.58. The third-order valence-corrected chi connectivity index (χ3v) is 3.97. The molecule has 0 aliphatic rings. The van der Waals surface area contributed by atoms with Gasteiger partial charge in [-0.3, -0.25) is 4.99 Å². The van der Waals surface area contributed by atoms with Gasteiger partial charge in [0.25, 0.3) is 0 Å². The average molecular weight is 352 g/mol. The Morgan fingerprint density at radius 2 is 1.83 bits per heavy atom. The summed E-state index contributed by atoms with van der Waals surface area (Å²) in [6.07, 6.45) is 1.11. The van der Waals surface area contributed by atoms with Gasteiger partial charge in [-0.1, -0.05) is 35.9 Å². The number of carbonyl (C=O) groups is 1. The van der Waals surface area contributed by atoms with Crippen molar-refractivity contribution >= 4 is 23.8 Å². The van der Waals surface area contributed by atoms with Crippen LogP contribution in [-0.2, 0) is 11.2 Å². The number of aliphatic carboxylic acids is 1. The summed E-state index contributed by atoms with van der Waals surface area (Å²) in [5, 5.41) is 10.0. The Kier molecular flexibility index (Phi) is 5.34. The highest BCUT2D eigenvalue weighted by Gasteiger charge is 2.33. The second kappa shape index (κ2) is 7.09. The summed E-state index contributed by atoms with van der Waals surface area (Å²) in [6.45, 7) is 2.80. The maximum Gasteiger partial charge on any atom is 0.331 e. The Balaban J connectivity index is 2.32. The fourth-order valence-corrected chi connectivity index (χ4v) is 2.26. The van der Waals surface area contributed by atoms with E-state index in [1.54, 1.807) is 24.3 Å². The van der Waals surface area contributed by atoms with Crippen molar-refractivity contribution in [3.05, 3.63) is 69.7 Å². The summed E-state index contributed by atoms with van der Waals surface area (Å²) in [5.74, 6) is -3.24. The Bertz CT molecular complexity index is 790. The fourth-order valence-electron chi connectivity index (χ4n) is 2.14. The Morgan fingerprint density at radius 3 is 2.42 bits per heavy atom. The number of halogens is 3. The van der Waals surface area contributed by atoms with Gasteiger partial charge in [-0.15, -0.1) is 0 Å². The molecule has 0 aliphatic heterocycles. The number of benzene rings is 2. The third-order valence-electron chi connectivity index (χ3n) is 3.72. The Morgan fingerprint density at radius 1 is 1.21 bits per heavy atom. The monoisotopic (exact) mass is 351 g/mol. The standard InChI is InChI=1S/C18H16ClF2NO2/c1-11-3-6-13(16(21)15(11)20)9-18(2,17(23)24)22-10-12-4-7-14(19)8-5-12/h3-8,10H,9H2,1-2H3,(H,23,24). The van der Waals surface area contributed by atoms with Crippen molar-refractivity contribution in [2.24, 2.45) is 4.99 Å². The van der Waals surface area contributed by atoms with Crippen LogP contribution in [0, 0.1) is 18.6 Å². The predicted molar refractivity (Wildman–Crippen MR) is 89.9 cm³/mol. The zero-order valence-corrected chi connectivity index (χ0v) is 13.9. The lowest BCUT2D eigenvalue weighted by atomic mass is 9.92. The number of carboxylic acids is 1. The number of hydrogen-bond acceptors (Lipinski definition) is 2. The summed E-state index contributed by atoms with van der Waals surface area (Å²) < 4.78 is 27.7. The minimum absolute atomic E-state index is 0.0312. The molecule has 0 saturated heterocycles. The maximum absolute atomic E-state index is 14.0. The summed E-state index contributed by atoms with van der Waals surface area (Å²) in [4.78, 5) is 15.7. The zero-order valence-electron chi connectivity index (χ0n) is 13.2. The van der Waals surface area contributed by atoms with E-state index < -0.39 is 23.1 Å². The molecule has 0 aliphatic carbocycles. The Labute approximate surface area is 143 Å². The van der Waals surface area contributed by atoms with Crippen molar-refractivity contribution in [2.45, 2.75) is 25.8 Å². The molecule has 0 aromatic heterocycles. The van der Waals surface area contributed by atoms with Gasteiger partial charge in [0.2, 0.25) is 0 Å². The average Bonchev–Trinajstić information content (AvgIpc) is 2.55. The van der Waals surface area contributed by atoms with Crippen molar-refractivity contribution in [2.75, 3.05) is 0 Å². The number of nitrogens with zero attached hydrogens (tertiary/aromatic N) is 1. The van der Waals surface area contributed by atoms with E-state index >= 15 is 0 Å². The first-order valence-electron chi connectivity index (χ1n) is 7.20. The normalized spacial score (nSPS) is 13.9. The molecular weight excluding hydrogens is 336 g/mol. The number of hydrogen-bond donors (Lipinski definition) is 1. The molecule has 2 aromatic rings. The summed E-state index contributed by atoms with van der Waals surface area (Å²) >= 11 is 5.79. The van der Waals surface area contributed by atoms with Crippen LogP contribution in [0.4, 0.5) is 8.78 Å². The minimum Gasteiger partial charge on any atom is -0.479 e. The highest BCUT2D eigenvalue weighted by atomic mass is 35.5. The van der Waals surface area contributed by atoms with E-state index in [9.17, 15) is 18.7 Å². The zero-order chi connectivity index (χ0) is 17.9. The molecule has 24 heavy (non-hydrogen) atoms. The van der Waals surface area contributed by atoms with Crippen LogP contribution in [0.25, 0.3) is 0 Å². The van der Waals surface area contributed by atoms with Crippen LogP contribution < -0.4 is 0 Å². The van der Waals surface area contributed by atoms with Gasteiger partial charge in [0, 0.05) is 17.7 Å². The maximum atomic E-state index is 14.0. The molecule has 0 spiro atoms. The van der Waals surface area contributed by atoms with Crippen LogP contribution >= 0.6 is 11.6 Å². The van der Waals surface area contributed by atoms with Crippen molar-refractivity contribution in [1.82, 2.24) is 0 Å². The topological polar surface area (TPSA) is 49.7 Å². The van der Waals surface area contributed by atoms with E-state index in [0.29, 0.717) is 10.6 Å². The molecule has 1 unspecified atom stereocenters. The van der Waals surface area contributed by atoms with Gasteiger partial charge < -0.3 is 5.11 Å². The second-order valence-corrected chi connectivity index (χ2v) is 6.17. The van der Waals surface area contributed by atoms with Gasteiger partial charge >= 0.3 is 5.97 Å². The number of rotatable bonds is 5. The molecule has 1 N–H and O–H groups in total. The van der Waals surface area contributed by atoms with E-state index in [1.165, 1.54) is 32.2 Å². The smallest absolute Gasteiger partial charge is 0.331 e. The molecule has 0 bridgehead atoms. The van der Waals surface area contributed by atoms with Gasteiger partial charge in [0.05, 0.1) is 0 Å². The molecule has 6 heteroatoms. The van der Waals surface area contributed by atoms with E-state index in [0.717, 1.165) is 0 Å². The summed E-state index contributed by atoms with van der Waals surface area (Å²) in [7, 11) is 0. The van der Waals surface area contributed by atoms with Crippen LogP contribution in [-0.4, -0.2) is 22.8 Å². The van der Waals surface area contributed by atoms with Crippen molar-refractivity contribution in [1.29, 1.82) is 0 Å². The van der Waals surface area contributed by atoms with Gasteiger partial charge in [-0.2, -0.15) is 0 Å². The second-order valence-electron chi connectivity index (χ2n) is 5.74. The molecule has 2 rings (SSSR count). The molecule has 0 saturated carbocycles. The van der Waals surface area contributed by atoms with E-state index in [1.807, 2.05) is 0 Å². The molecule has 0 amide bonds. The lowest BCUT2D eigenvalue weighted by Crippen LogP contribution is -2.36. The summed E-state index contributed by atoms with van der Waals surface area (Å²) in [6, 6.07) is 9.46. The largest absolute Gasteiger partial charge is 0.479 e. The third kappa shape index (κ3) is 3.97. The fraction of sp³-hybridized carbons (Fsp3) is 0.222. The van der Waals surface area contributed by atoms with E-state index in [2.05, 4.69) is 4.99 Å². The number of carboxylic acid groups (broad SMARTS) is 1. The van der Waals surface area contributed by atoms with Gasteiger partial charge in [-0.25, -0.2) is 13.6 Å². The van der Waals surface area contributed by atoms with Crippen LogP contribution in [0.5, 0.6) is 0 Å². The minimum atomic E-state index is -1.62. The van der Waals surface area contributed by atoms with Crippen molar-refractivity contribution < 1.29 is 18.7 Å². The molecule has 2 aromatic carbocycles.